The van der Waals surface area contributed by atoms with Crippen molar-refractivity contribution in [2.24, 2.45) is 5.92 Å². The van der Waals surface area contributed by atoms with Crippen LogP contribution < -0.4 is 5.32 Å². The summed E-state index contributed by atoms with van der Waals surface area (Å²) >= 11 is 0. The molecule has 1 aliphatic heterocycles. The molecule has 3 nitrogen and oxygen atoms in total. The minimum absolute atomic E-state index is 0.735. The predicted molar refractivity (Wildman–Crippen MR) is 82.5 cm³/mol. The van der Waals surface area contributed by atoms with Crippen molar-refractivity contribution in [2.45, 2.75) is 64.1 Å². The molecule has 0 spiro atoms. The predicted octanol–water partition coefficient (Wildman–Crippen LogP) is 2.18. The molecule has 2 aliphatic rings. The van der Waals surface area contributed by atoms with E-state index in [1.807, 2.05) is 0 Å². The van der Waals surface area contributed by atoms with Gasteiger partial charge in [-0.2, -0.15) is 0 Å². The van der Waals surface area contributed by atoms with Crippen molar-refractivity contribution in [2.75, 3.05) is 33.7 Å². The van der Waals surface area contributed by atoms with Crippen LogP contribution in [0, 0.1) is 5.92 Å². The molecule has 2 unspecified atom stereocenters. The highest BCUT2D eigenvalue weighted by Crippen LogP contribution is 2.23. The monoisotopic (exact) mass is 267 g/mol. The molecule has 0 aromatic carbocycles. The summed E-state index contributed by atoms with van der Waals surface area (Å²) < 4.78 is 0. The van der Waals surface area contributed by atoms with Gasteiger partial charge in [0.2, 0.25) is 0 Å². The maximum atomic E-state index is 3.83. The lowest BCUT2D eigenvalue weighted by Crippen LogP contribution is -2.52. The van der Waals surface area contributed by atoms with Crippen LogP contribution in [0.3, 0.4) is 0 Å². The van der Waals surface area contributed by atoms with Crippen LogP contribution in [0.1, 0.15) is 46.0 Å². The van der Waals surface area contributed by atoms with Crippen LogP contribution in [0.25, 0.3) is 0 Å². The third-order valence-corrected chi connectivity index (χ3v) is 4.34. The van der Waals surface area contributed by atoms with Gasteiger partial charge in [-0.15, -0.1) is 0 Å². The highest BCUT2D eigenvalue weighted by atomic mass is 15.2. The van der Waals surface area contributed by atoms with Crippen molar-refractivity contribution in [1.29, 1.82) is 0 Å². The van der Waals surface area contributed by atoms with Gasteiger partial charge in [-0.1, -0.05) is 13.8 Å². The lowest BCUT2D eigenvalue weighted by molar-refractivity contribution is 0.101. The van der Waals surface area contributed by atoms with Crippen LogP contribution in [-0.4, -0.2) is 61.7 Å². The van der Waals surface area contributed by atoms with Crippen molar-refractivity contribution >= 4 is 0 Å². The molecular formula is C16H33N3. The Bertz CT molecular complexity index is 251. The summed E-state index contributed by atoms with van der Waals surface area (Å²) in [6.07, 6.45) is 6.89. The number of hydrogen-bond donors (Lipinski definition) is 1. The van der Waals surface area contributed by atoms with Crippen LogP contribution in [0.2, 0.25) is 0 Å². The number of likely N-dealkylation sites (N-methyl/N-ethyl adjacent to an activating group) is 1. The minimum atomic E-state index is 0.735. The smallest absolute Gasteiger partial charge is 0.0226 e. The number of nitrogens with one attached hydrogen (secondary N) is 1. The first-order chi connectivity index (χ1) is 9.04. The topological polar surface area (TPSA) is 18.5 Å². The molecule has 1 heterocycles. The number of likely N-dealkylation sites (tertiary alicyclic amines) is 1. The molecule has 2 fully saturated rings. The first kappa shape index (κ1) is 15.3. The van der Waals surface area contributed by atoms with Crippen LogP contribution in [0.4, 0.5) is 0 Å². The Labute approximate surface area is 119 Å². The summed E-state index contributed by atoms with van der Waals surface area (Å²) in [6.45, 7) is 8.48. The lowest BCUT2D eigenvalue weighted by Gasteiger charge is -2.40. The van der Waals surface area contributed by atoms with Crippen molar-refractivity contribution in [3.05, 3.63) is 0 Å². The summed E-state index contributed by atoms with van der Waals surface area (Å²) in [5.41, 5.74) is 0. The van der Waals surface area contributed by atoms with E-state index in [1.165, 1.54) is 51.7 Å². The van der Waals surface area contributed by atoms with Crippen LogP contribution >= 0.6 is 0 Å². The van der Waals surface area contributed by atoms with E-state index in [0.717, 1.165) is 24.0 Å². The van der Waals surface area contributed by atoms with Crippen molar-refractivity contribution in [1.82, 2.24) is 15.1 Å². The molecule has 0 amide bonds. The third-order valence-electron chi connectivity index (χ3n) is 4.34. The number of piperidine rings is 1. The zero-order chi connectivity index (χ0) is 13.8. The standard InChI is InChI=1S/C16H33N3/c1-13(2)10-16(12-18(3)4)19-9-5-6-15(11-19)17-14-7-8-14/h13-17H,5-12H2,1-4H3. The molecule has 2 rings (SSSR count). The van der Waals surface area contributed by atoms with Crippen LogP contribution in [0.5, 0.6) is 0 Å². The fraction of sp³-hybridized carbons (Fsp3) is 1.00. The van der Waals surface area contributed by atoms with Gasteiger partial charge in [0.15, 0.2) is 0 Å². The Kier molecular flexibility index (Phi) is 5.67. The SMILES string of the molecule is CC(C)CC(CN(C)C)N1CCCC(NC2CC2)C1. The number of hydrogen-bond acceptors (Lipinski definition) is 3. The molecule has 1 N–H and O–H groups in total. The maximum absolute atomic E-state index is 3.83. The van der Waals surface area contributed by atoms with E-state index in [0.29, 0.717) is 0 Å². The summed E-state index contributed by atoms with van der Waals surface area (Å²) in [7, 11) is 4.41. The zero-order valence-electron chi connectivity index (χ0n) is 13.4. The normalized spacial score (nSPS) is 27.2. The number of rotatable bonds is 7. The highest BCUT2D eigenvalue weighted by Gasteiger charge is 2.30. The quantitative estimate of drug-likeness (QED) is 0.763. The minimum Gasteiger partial charge on any atom is -0.310 e. The van der Waals surface area contributed by atoms with E-state index in [1.54, 1.807) is 0 Å². The van der Waals surface area contributed by atoms with Gasteiger partial charge >= 0.3 is 0 Å². The Balaban J connectivity index is 1.86. The van der Waals surface area contributed by atoms with Crippen LogP contribution in [-0.2, 0) is 0 Å². The van der Waals surface area contributed by atoms with Crippen LogP contribution in [0.15, 0.2) is 0 Å². The Morgan fingerprint density at radius 1 is 1.16 bits per heavy atom. The lowest BCUT2D eigenvalue weighted by atomic mass is 9.97. The van der Waals surface area contributed by atoms with Gasteiger partial charge in [0.25, 0.3) is 0 Å². The molecule has 19 heavy (non-hydrogen) atoms. The Morgan fingerprint density at radius 2 is 1.89 bits per heavy atom. The summed E-state index contributed by atoms with van der Waals surface area (Å²) in [6, 6.07) is 2.33. The molecular weight excluding hydrogens is 234 g/mol. The molecule has 1 saturated carbocycles. The molecule has 1 saturated heterocycles. The largest absolute Gasteiger partial charge is 0.310 e. The zero-order valence-corrected chi connectivity index (χ0v) is 13.4. The molecule has 0 aromatic heterocycles. The fourth-order valence-electron chi connectivity index (χ4n) is 3.36. The summed E-state index contributed by atoms with van der Waals surface area (Å²) in [5, 5.41) is 3.83. The van der Waals surface area contributed by atoms with Gasteiger partial charge in [0.1, 0.15) is 0 Å². The summed E-state index contributed by atoms with van der Waals surface area (Å²) in [5.74, 6) is 0.793. The average Bonchev–Trinajstić information content (AvgIpc) is 3.11. The summed E-state index contributed by atoms with van der Waals surface area (Å²) in [4.78, 5) is 5.11. The van der Waals surface area contributed by atoms with E-state index in [9.17, 15) is 0 Å². The first-order valence-electron chi connectivity index (χ1n) is 8.19. The van der Waals surface area contributed by atoms with E-state index in [2.05, 4.69) is 43.1 Å². The molecule has 3 heteroatoms. The third kappa shape index (κ3) is 5.41. The van der Waals surface area contributed by atoms with E-state index >= 15 is 0 Å². The molecule has 1 aliphatic carbocycles. The van der Waals surface area contributed by atoms with Crippen molar-refractivity contribution in [3.8, 4) is 0 Å². The first-order valence-corrected chi connectivity index (χ1v) is 8.19. The average molecular weight is 267 g/mol. The Morgan fingerprint density at radius 3 is 2.47 bits per heavy atom. The fourth-order valence-corrected chi connectivity index (χ4v) is 3.36. The van der Waals surface area contributed by atoms with Gasteiger partial charge < -0.3 is 10.2 Å². The molecule has 2 atom stereocenters. The molecule has 0 radical (unpaired) electrons. The highest BCUT2D eigenvalue weighted by molar-refractivity contribution is 4.90. The van der Waals surface area contributed by atoms with Gasteiger partial charge in [-0.05, 0) is 58.7 Å². The van der Waals surface area contributed by atoms with E-state index in [-0.39, 0.29) is 0 Å². The second kappa shape index (κ2) is 7.05. The van der Waals surface area contributed by atoms with Crippen molar-refractivity contribution < 1.29 is 0 Å². The number of nitrogens with zero attached hydrogens (tertiary/aromatic N) is 2. The van der Waals surface area contributed by atoms with Gasteiger partial charge in [0.05, 0.1) is 0 Å². The van der Waals surface area contributed by atoms with Gasteiger partial charge in [-0.3, -0.25) is 4.90 Å². The van der Waals surface area contributed by atoms with E-state index < -0.39 is 0 Å². The Hall–Kier alpha value is -0.120. The molecule has 0 bridgehead atoms. The maximum Gasteiger partial charge on any atom is 0.0226 e. The second-order valence-electron chi connectivity index (χ2n) is 7.32. The van der Waals surface area contributed by atoms with Crippen molar-refractivity contribution in [3.63, 3.8) is 0 Å². The van der Waals surface area contributed by atoms with Gasteiger partial charge in [0, 0.05) is 31.2 Å². The molecule has 112 valence electrons. The van der Waals surface area contributed by atoms with E-state index in [4.69, 9.17) is 0 Å². The second-order valence-corrected chi connectivity index (χ2v) is 7.32. The van der Waals surface area contributed by atoms with Gasteiger partial charge in [-0.25, -0.2) is 0 Å². The molecule has 0 aromatic rings.